The summed E-state index contributed by atoms with van der Waals surface area (Å²) in [5, 5.41) is 2.56. The van der Waals surface area contributed by atoms with Gasteiger partial charge in [0, 0.05) is 22.2 Å². The van der Waals surface area contributed by atoms with Gasteiger partial charge >= 0.3 is 0 Å². The lowest BCUT2D eigenvalue weighted by molar-refractivity contribution is 0.268. The summed E-state index contributed by atoms with van der Waals surface area (Å²) in [7, 11) is 0. The van der Waals surface area contributed by atoms with E-state index in [4.69, 9.17) is 9.97 Å². The third-order valence-electron chi connectivity index (χ3n) is 9.39. The van der Waals surface area contributed by atoms with Crippen molar-refractivity contribution in [2.75, 3.05) is 0 Å². The van der Waals surface area contributed by atoms with Crippen molar-refractivity contribution < 1.29 is 0 Å². The molecule has 2 heteroatoms. The van der Waals surface area contributed by atoms with Gasteiger partial charge in [-0.15, -0.1) is 0 Å². The number of fused-ring (bicyclic) bond motifs is 4. The molecule has 0 radical (unpaired) electrons. The average molecular weight is 517 g/mol. The molecular formula is C38H32N2. The van der Waals surface area contributed by atoms with Crippen molar-refractivity contribution in [3.05, 3.63) is 132 Å². The molecule has 40 heavy (non-hydrogen) atoms. The van der Waals surface area contributed by atoms with Gasteiger partial charge in [0.05, 0.1) is 11.0 Å². The number of benzene rings is 4. The van der Waals surface area contributed by atoms with Gasteiger partial charge in [0.2, 0.25) is 0 Å². The fraction of sp³-hybridized carbons (Fsp3) is 0.211. The van der Waals surface area contributed by atoms with E-state index < -0.39 is 0 Å². The van der Waals surface area contributed by atoms with Crippen LogP contribution >= 0.6 is 0 Å². The summed E-state index contributed by atoms with van der Waals surface area (Å²) < 4.78 is 0. The number of aryl methyl sites for hydroxylation is 2. The maximum Gasteiger partial charge on any atom is 0.0711 e. The zero-order valence-electron chi connectivity index (χ0n) is 22.7. The second-order valence-electron chi connectivity index (χ2n) is 11.6. The van der Waals surface area contributed by atoms with Crippen molar-refractivity contribution in [3.8, 4) is 22.3 Å². The van der Waals surface area contributed by atoms with Crippen molar-refractivity contribution in [1.82, 2.24) is 9.97 Å². The van der Waals surface area contributed by atoms with Gasteiger partial charge in [-0.05, 0) is 95.9 Å². The van der Waals surface area contributed by atoms with Crippen molar-refractivity contribution in [2.24, 2.45) is 11.8 Å². The minimum absolute atomic E-state index is 0.654. The van der Waals surface area contributed by atoms with Crippen LogP contribution in [-0.4, -0.2) is 9.97 Å². The molecule has 4 aromatic carbocycles. The van der Waals surface area contributed by atoms with Gasteiger partial charge in [0.15, 0.2) is 0 Å². The zero-order chi connectivity index (χ0) is 26.5. The average Bonchev–Trinajstić information content (AvgIpc) is 3.03. The quantitative estimate of drug-likeness (QED) is 0.234. The Morgan fingerprint density at radius 2 is 0.850 bits per heavy atom. The Hall–Kier alpha value is -4.30. The molecule has 0 fully saturated rings. The van der Waals surface area contributed by atoms with E-state index in [1.807, 2.05) is 0 Å². The predicted octanol–water partition coefficient (Wildman–Crippen LogP) is 9.03. The third kappa shape index (κ3) is 3.93. The summed E-state index contributed by atoms with van der Waals surface area (Å²) in [5.41, 5.74) is 13.2. The minimum Gasteiger partial charge on any atom is -0.253 e. The van der Waals surface area contributed by atoms with E-state index in [9.17, 15) is 0 Å². The van der Waals surface area contributed by atoms with E-state index in [0.29, 0.717) is 11.8 Å². The fourth-order valence-electron chi connectivity index (χ4n) is 7.50. The second-order valence-corrected chi connectivity index (χ2v) is 11.6. The molecule has 2 aliphatic rings. The smallest absolute Gasteiger partial charge is 0.0711 e. The highest BCUT2D eigenvalue weighted by atomic mass is 14.7. The molecule has 0 spiro atoms. The van der Waals surface area contributed by atoms with Gasteiger partial charge in [-0.2, -0.15) is 0 Å². The molecule has 0 bridgehead atoms. The largest absolute Gasteiger partial charge is 0.253 e. The van der Waals surface area contributed by atoms with Crippen LogP contribution in [0, 0.1) is 11.8 Å². The Balaban J connectivity index is 1.21. The number of hydrogen-bond acceptors (Lipinski definition) is 2. The molecule has 2 aromatic heterocycles. The Kier molecular flexibility index (Phi) is 5.72. The predicted molar refractivity (Wildman–Crippen MR) is 165 cm³/mol. The van der Waals surface area contributed by atoms with Crippen LogP contribution in [0.25, 0.3) is 44.1 Å². The molecule has 0 saturated carbocycles. The fourth-order valence-corrected chi connectivity index (χ4v) is 7.50. The normalized spacial score (nSPS) is 18.4. The van der Waals surface area contributed by atoms with Crippen LogP contribution in [0.1, 0.15) is 35.4 Å². The number of nitrogens with zero attached hydrogens (tertiary/aromatic N) is 2. The van der Waals surface area contributed by atoms with Crippen LogP contribution in [0.3, 0.4) is 0 Å². The number of pyridine rings is 2. The summed E-state index contributed by atoms with van der Waals surface area (Å²) in [5.74, 6) is 1.31. The topological polar surface area (TPSA) is 25.8 Å². The summed E-state index contributed by atoms with van der Waals surface area (Å²) in [6.45, 7) is 0. The molecule has 2 heterocycles. The Morgan fingerprint density at radius 1 is 0.450 bits per heavy atom. The van der Waals surface area contributed by atoms with Gasteiger partial charge in [0.1, 0.15) is 0 Å². The highest BCUT2D eigenvalue weighted by molar-refractivity contribution is 5.98. The molecule has 0 N–H and O–H groups in total. The number of para-hydroxylation sites is 2. The minimum atomic E-state index is 0.654. The van der Waals surface area contributed by atoms with E-state index in [1.54, 1.807) is 0 Å². The molecule has 2 nitrogen and oxygen atoms in total. The summed E-state index contributed by atoms with van der Waals surface area (Å²) in [4.78, 5) is 10.4. The van der Waals surface area contributed by atoms with Gasteiger partial charge in [-0.1, -0.05) is 97.1 Å². The molecule has 194 valence electrons. The molecule has 0 saturated heterocycles. The highest BCUT2D eigenvalue weighted by Gasteiger charge is 2.33. The van der Waals surface area contributed by atoms with Crippen molar-refractivity contribution >= 4 is 21.8 Å². The maximum atomic E-state index is 5.20. The maximum absolute atomic E-state index is 5.20. The van der Waals surface area contributed by atoms with E-state index >= 15 is 0 Å². The standard InChI is InChI=1S/C38H32N2/c1-3-11-25(12-4-1)37-29-15-7-9-17-33(29)39-35-21-19-27(23-31(35)37)28-20-22-36-32(24-28)38(26-13-5-2-6-14-26)30-16-8-10-18-34(30)40-36/h1-18,27-28H,19-24H2. The second kappa shape index (κ2) is 9.71. The van der Waals surface area contributed by atoms with Crippen molar-refractivity contribution in [3.63, 3.8) is 0 Å². The van der Waals surface area contributed by atoms with Crippen molar-refractivity contribution in [1.29, 1.82) is 0 Å². The lowest BCUT2D eigenvalue weighted by Gasteiger charge is -2.36. The van der Waals surface area contributed by atoms with Crippen LogP contribution in [-0.2, 0) is 25.7 Å². The zero-order valence-corrected chi connectivity index (χ0v) is 22.7. The first kappa shape index (κ1) is 23.6. The van der Waals surface area contributed by atoms with E-state index in [0.717, 1.165) is 36.7 Å². The first-order chi connectivity index (χ1) is 19.8. The molecular weight excluding hydrogens is 484 g/mol. The first-order valence-electron chi connectivity index (χ1n) is 14.8. The van der Waals surface area contributed by atoms with E-state index in [-0.39, 0.29) is 0 Å². The monoisotopic (exact) mass is 516 g/mol. The highest BCUT2D eigenvalue weighted by Crippen LogP contribution is 2.44. The van der Waals surface area contributed by atoms with Gasteiger partial charge in [-0.3, -0.25) is 9.97 Å². The first-order valence-corrected chi connectivity index (χ1v) is 14.8. The summed E-state index contributed by atoms with van der Waals surface area (Å²) >= 11 is 0. The number of aromatic nitrogens is 2. The van der Waals surface area contributed by atoms with Crippen LogP contribution in [0.4, 0.5) is 0 Å². The van der Waals surface area contributed by atoms with Gasteiger partial charge in [0.25, 0.3) is 0 Å². The Bertz CT molecular complexity index is 1720. The van der Waals surface area contributed by atoms with Crippen LogP contribution < -0.4 is 0 Å². The number of hydrogen-bond donors (Lipinski definition) is 0. The van der Waals surface area contributed by atoms with Gasteiger partial charge in [-0.25, -0.2) is 0 Å². The lowest BCUT2D eigenvalue weighted by atomic mass is 9.69. The molecule has 2 atom stereocenters. The molecule has 2 unspecified atom stereocenters. The Morgan fingerprint density at radius 3 is 1.30 bits per heavy atom. The molecule has 0 aliphatic heterocycles. The van der Waals surface area contributed by atoms with Gasteiger partial charge < -0.3 is 0 Å². The molecule has 2 aliphatic carbocycles. The van der Waals surface area contributed by atoms with E-state index in [2.05, 4.69) is 109 Å². The third-order valence-corrected chi connectivity index (χ3v) is 9.39. The summed E-state index contributed by atoms with van der Waals surface area (Å²) in [6, 6.07) is 39.4. The van der Waals surface area contributed by atoms with Crippen LogP contribution in [0.2, 0.25) is 0 Å². The lowest BCUT2D eigenvalue weighted by Crippen LogP contribution is -2.29. The Labute approximate surface area is 235 Å². The van der Waals surface area contributed by atoms with E-state index in [1.165, 1.54) is 68.4 Å². The van der Waals surface area contributed by atoms with Crippen LogP contribution in [0.5, 0.6) is 0 Å². The SMILES string of the molecule is c1ccc(-c2c3c(nc4ccccc24)CCC(C2CCc4nc5ccccc5c(-c5ccccc5)c4C2)C3)cc1. The number of rotatable bonds is 3. The molecule has 8 rings (SSSR count). The van der Waals surface area contributed by atoms with Crippen LogP contribution in [0.15, 0.2) is 109 Å². The summed E-state index contributed by atoms with van der Waals surface area (Å²) in [6.07, 6.45) is 6.78. The molecule has 6 aromatic rings. The van der Waals surface area contributed by atoms with Crippen molar-refractivity contribution in [2.45, 2.75) is 38.5 Å². The molecule has 0 amide bonds.